The van der Waals surface area contributed by atoms with E-state index in [9.17, 15) is 10.0 Å². The van der Waals surface area contributed by atoms with E-state index < -0.39 is 0 Å². The molecular weight excluding hydrogens is 273 g/mol. The van der Waals surface area contributed by atoms with E-state index in [2.05, 4.69) is 27.7 Å². The maximum absolute atomic E-state index is 11.1. The van der Waals surface area contributed by atoms with Crippen LogP contribution >= 0.6 is 0 Å². The fourth-order valence-electron chi connectivity index (χ4n) is 2.06. The Morgan fingerprint density at radius 3 is 2.09 bits per heavy atom. The molecule has 1 radical (unpaired) electrons. The molecule has 1 aromatic rings. The predicted octanol–water partition coefficient (Wildman–Crippen LogP) is 3.85. The molecule has 0 fully saturated rings. The minimum Gasteiger partial charge on any atom is -0.312 e. The number of nitrogens with zero attached hydrogens (tertiary/aromatic N) is 1. The molecular formula is C18H32BNO2+. The Morgan fingerprint density at radius 1 is 1.18 bits per heavy atom. The Morgan fingerprint density at radius 2 is 1.77 bits per heavy atom. The van der Waals surface area contributed by atoms with E-state index in [1.54, 1.807) is 19.5 Å². The quantitative estimate of drug-likeness (QED) is 0.493. The Labute approximate surface area is 137 Å². The molecule has 0 aromatic carbocycles. The van der Waals surface area contributed by atoms with Crippen LogP contribution in [0.4, 0.5) is 0 Å². The monoisotopic (exact) mass is 305 g/mol. The van der Waals surface area contributed by atoms with Gasteiger partial charge in [0.2, 0.25) is 19.2 Å². The Balaban J connectivity index is 0.000000534. The molecule has 0 saturated heterocycles. The molecule has 3 nitrogen and oxygen atoms in total. The van der Waals surface area contributed by atoms with Gasteiger partial charge in [0.25, 0.3) is 0 Å². The SMILES string of the molecule is CC(=O)[B]C(c1cccc[n+]1O)C(C)C.CCC(C)C(C)C. The van der Waals surface area contributed by atoms with Crippen molar-refractivity contribution >= 4 is 13.0 Å². The molecule has 0 aliphatic rings. The predicted molar refractivity (Wildman–Crippen MR) is 92.1 cm³/mol. The third kappa shape index (κ3) is 7.62. The van der Waals surface area contributed by atoms with E-state index in [0.29, 0.717) is 0 Å². The van der Waals surface area contributed by atoms with Gasteiger partial charge in [-0.05, 0) is 30.7 Å². The second-order valence-corrected chi connectivity index (χ2v) is 6.65. The van der Waals surface area contributed by atoms with Crippen LogP contribution in [0.25, 0.3) is 0 Å². The van der Waals surface area contributed by atoms with Crippen molar-refractivity contribution in [3.63, 3.8) is 0 Å². The molecule has 4 heteroatoms. The van der Waals surface area contributed by atoms with Crippen molar-refractivity contribution in [2.45, 2.75) is 60.7 Å². The Hall–Kier alpha value is -1.32. The first kappa shape index (κ1) is 20.7. The molecule has 0 bridgehead atoms. The summed E-state index contributed by atoms with van der Waals surface area (Å²) in [7, 11) is 1.65. The summed E-state index contributed by atoms with van der Waals surface area (Å²) in [5.41, 5.74) is 0.764. The van der Waals surface area contributed by atoms with Crippen LogP contribution in [0.5, 0.6) is 0 Å². The first-order valence-electron chi connectivity index (χ1n) is 8.25. The smallest absolute Gasteiger partial charge is 0.230 e. The molecule has 0 aliphatic heterocycles. The van der Waals surface area contributed by atoms with Gasteiger partial charge in [-0.3, -0.25) is 5.21 Å². The van der Waals surface area contributed by atoms with E-state index in [1.165, 1.54) is 13.3 Å². The third-order valence-corrected chi connectivity index (χ3v) is 4.13. The standard InChI is InChI=1S/C11H16BNO2.C7H16/c1-8(2)11(12-9(3)14)10-6-4-5-7-13(10)15;1-5-7(4)6(2)3/h4-8,11,15H,1-3H3;6-7H,5H2,1-4H3/q+1;. The van der Waals surface area contributed by atoms with E-state index in [0.717, 1.165) is 22.3 Å². The number of carbonyl (C=O) groups is 1. The van der Waals surface area contributed by atoms with Crippen LogP contribution < -0.4 is 4.73 Å². The number of hydrogen-bond donors (Lipinski definition) is 1. The zero-order valence-corrected chi connectivity index (χ0v) is 15.2. The molecule has 0 saturated carbocycles. The molecule has 0 spiro atoms. The highest BCUT2D eigenvalue weighted by atomic mass is 16.5. The normalized spacial score (nSPS) is 13.3. The zero-order chi connectivity index (χ0) is 17.3. The van der Waals surface area contributed by atoms with Crippen molar-refractivity contribution in [3.8, 4) is 0 Å². The number of carbonyl (C=O) groups excluding carboxylic acids is 1. The summed E-state index contributed by atoms with van der Waals surface area (Å²) in [5, 5.41) is 9.63. The molecule has 0 aliphatic carbocycles. The van der Waals surface area contributed by atoms with Gasteiger partial charge >= 0.3 is 0 Å². The van der Waals surface area contributed by atoms with Crippen molar-refractivity contribution < 1.29 is 14.7 Å². The highest BCUT2D eigenvalue weighted by Crippen LogP contribution is 2.20. The van der Waals surface area contributed by atoms with Gasteiger partial charge < -0.3 is 4.79 Å². The summed E-state index contributed by atoms with van der Waals surface area (Å²) in [6.45, 7) is 14.7. The summed E-state index contributed by atoms with van der Waals surface area (Å²) in [4.78, 5) is 11.1. The molecule has 0 amide bonds. The van der Waals surface area contributed by atoms with Gasteiger partial charge in [0, 0.05) is 22.7 Å². The van der Waals surface area contributed by atoms with Gasteiger partial charge in [-0.2, -0.15) is 0 Å². The van der Waals surface area contributed by atoms with Gasteiger partial charge in [-0.1, -0.05) is 48.0 Å². The third-order valence-electron chi connectivity index (χ3n) is 4.13. The number of rotatable bonds is 6. The lowest BCUT2D eigenvalue weighted by Crippen LogP contribution is -2.39. The maximum Gasteiger partial charge on any atom is 0.230 e. The lowest BCUT2D eigenvalue weighted by molar-refractivity contribution is -0.910. The molecule has 1 rings (SSSR count). The van der Waals surface area contributed by atoms with Crippen LogP contribution in [-0.4, -0.2) is 18.2 Å². The van der Waals surface area contributed by atoms with E-state index in [1.807, 2.05) is 26.0 Å². The highest BCUT2D eigenvalue weighted by molar-refractivity contribution is 6.74. The molecule has 123 valence electrons. The first-order valence-corrected chi connectivity index (χ1v) is 8.25. The lowest BCUT2D eigenvalue weighted by Gasteiger charge is -2.14. The average Bonchev–Trinajstić information content (AvgIpc) is 2.45. The summed E-state index contributed by atoms with van der Waals surface area (Å²) >= 11 is 0. The fourth-order valence-corrected chi connectivity index (χ4v) is 2.06. The number of pyridine rings is 1. The van der Waals surface area contributed by atoms with E-state index >= 15 is 0 Å². The van der Waals surface area contributed by atoms with Gasteiger partial charge in [-0.15, -0.1) is 0 Å². The van der Waals surface area contributed by atoms with Crippen LogP contribution in [0.3, 0.4) is 0 Å². The minimum atomic E-state index is -0.0475. The van der Waals surface area contributed by atoms with Gasteiger partial charge in [0.05, 0.1) is 5.68 Å². The van der Waals surface area contributed by atoms with Crippen molar-refractivity contribution in [2.75, 3.05) is 0 Å². The zero-order valence-electron chi connectivity index (χ0n) is 15.2. The molecule has 1 aromatic heterocycles. The summed E-state index contributed by atoms with van der Waals surface area (Å²) in [6.07, 6.45) is 2.89. The van der Waals surface area contributed by atoms with Crippen molar-refractivity contribution in [2.24, 2.45) is 17.8 Å². The summed E-state index contributed by atoms with van der Waals surface area (Å²) in [5.74, 6) is 1.99. The Kier molecular flexibility index (Phi) is 9.79. The fraction of sp³-hybridized carbons (Fsp3) is 0.667. The first-order chi connectivity index (χ1) is 10.2. The topological polar surface area (TPSA) is 41.2 Å². The lowest BCUT2D eigenvalue weighted by atomic mass is 9.56. The van der Waals surface area contributed by atoms with Crippen LogP contribution in [-0.2, 0) is 4.79 Å². The van der Waals surface area contributed by atoms with Crippen LogP contribution in [0.2, 0.25) is 0 Å². The second-order valence-electron chi connectivity index (χ2n) is 6.65. The molecule has 1 N–H and O–H groups in total. The Bertz CT molecular complexity index is 446. The van der Waals surface area contributed by atoms with Crippen molar-refractivity contribution in [1.29, 1.82) is 0 Å². The second kappa shape index (κ2) is 10.4. The maximum atomic E-state index is 11.1. The average molecular weight is 305 g/mol. The van der Waals surface area contributed by atoms with Gasteiger partial charge in [0.15, 0.2) is 0 Å². The van der Waals surface area contributed by atoms with E-state index in [-0.39, 0.29) is 17.4 Å². The molecule has 2 unspecified atom stereocenters. The van der Waals surface area contributed by atoms with Crippen molar-refractivity contribution in [3.05, 3.63) is 30.1 Å². The summed E-state index contributed by atoms with van der Waals surface area (Å²) < 4.78 is 1.07. The van der Waals surface area contributed by atoms with Crippen molar-refractivity contribution in [1.82, 2.24) is 0 Å². The van der Waals surface area contributed by atoms with Crippen LogP contribution in [0, 0.1) is 17.8 Å². The van der Waals surface area contributed by atoms with Crippen LogP contribution in [0.1, 0.15) is 66.4 Å². The highest BCUT2D eigenvalue weighted by Gasteiger charge is 2.27. The minimum absolute atomic E-state index is 0.0255. The van der Waals surface area contributed by atoms with Crippen LogP contribution in [0.15, 0.2) is 24.4 Å². The summed E-state index contributed by atoms with van der Waals surface area (Å²) in [6, 6.07) is 5.42. The molecule has 22 heavy (non-hydrogen) atoms. The molecule has 2 atom stereocenters. The number of aromatic nitrogens is 1. The number of hydrogen-bond acceptors (Lipinski definition) is 2. The van der Waals surface area contributed by atoms with E-state index in [4.69, 9.17) is 0 Å². The van der Waals surface area contributed by atoms with Gasteiger partial charge in [-0.25, -0.2) is 0 Å². The molecule has 1 heterocycles. The largest absolute Gasteiger partial charge is 0.312 e. The van der Waals surface area contributed by atoms with Gasteiger partial charge in [0.1, 0.15) is 0 Å².